The Bertz CT molecular complexity index is 943. The van der Waals surface area contributed by atoms with Gasteiger partial charge >= 0.3 is 0 Å². The van der Waals surface area contributed by atoms with Crippen molar-refractivity contribution in [2.75, 3.05) is 5.32 Å². The van der Waals surface area contributed by atoms with Gasteiger partial charge in [-0.25, -0.2) is 13.2 Å². The van der Waals surface area contributed by atoms with Crippen LogP contribution in [0.4, 0.5) is 18.9 Å². The smallest absolute Gasteiger partial charge is 0.258 e. The lowest BCUT2D eigenvalue weighted by Crippen LogP contribution is -2.13. The van der Waals surface area contributed by atoms with Gasteiger partial charge < -0.3 is 5.32 Å². The maximum atomic E-state index is 13.6. The van der Waals surface area contributed by atoms with Gasteiger partial charge in [0, 0.05) is 11.2 Å². The van der Waals surface area contributed by atoms with Gasteiger partial charge in [0.05, 0.1) is 24.0 Å². The van der Waals surface area contributed by atoms with E-state index in [1.807, 2.05) is 12.1 Å². The van der Waals surface area contributed by atoms with Crippen LogP contribution in [0.2, 0.25) is 5.02 Å². The third-order valence-corrected chi connectivity index (χ3v) is 3.84. The fourth-order valence-corrected chi connectivity index (χ4v) is 2.38. The molecule has 3 aromatic rings. The molecule has 0 aliphatic rings. The number of aromatic nitrogens is 2. The molecule has 0 atom stereocenters. The summed E-state index contributed by atoms with van der Waals surface area (Å²) in [6.07, 6.45) is 2.72. The van der Waals surface area contributed by atoms with Crippen molar-refractivity contribution in [3.8, 4) is 0 Å². The summed E-state index contributed by atoms with van der Waals surface area (Å²) in [6, 6.07) is 8.85. The maximum absolute atomic E-state index is 13.6. The Morgan fingerprint density at radius 3 is 2.64 bits per heavy atom. The Morgan fingerprint density at radius 2 is 1.88 bits per heavy atom. The number of carbonyl (C=O) groups is 1. The van der Waals surface area contributed by atoms with E-state index in [2.05, 4.69) is 10.4 Å². The molecule has 4 nitrogen and oxygen atoms in total. The third-order valence-electron chi connectivity index (χ3n) is 3.47. The molecule has 25 heavy (non-hydrogen) atoms. The Morgan fingerprint density at radius 1 is 1.12 bits per heavy atom. The molecule has 1 N–H and O–H groups in total. The maximum Gasteiger partial charge on any atom is 0.258 e. The fourth-order valence-electron chi connectivity index (χ4n) is 2.19. The first kappa shape index (κ1) is 17.0. The topological polar surface area (TPSA) is 46.9 Å². The molecule has 0 unspecified atom stereocenters. The highest BCUT2D eigenvalue weighted by molar-refractivity contribution is 6.31. The van der Waals surface area contributed by atoms with Crippen LogP contribution in [0.3, 0.4) is 0 Å². The van der Waals surface area contributed by atoms with Crippen LogP contribution in [0.15, 0.2) is 48.8 Å². The molecular formula is C17H11ClF3N3O. The lowest BCUT2D eigenvalue weighted by atomic mass is 10.2. The first-order valence-electron chi connectivity index (χ1n) is 7.16. The molecule has 0 saturated carbocycles. The number of anilines is 1. The molecule has 0 bridgehead atoms. The van der Waals surface area contributed by atoms with Gasteiger partial charge in [-0.1, -0.05) is 29.8 Å². The van der Waals surface area contributed by atoms with Gasteiger partial charge in [-0.3, -0.25) is 9.48 Å². The summed E-state index contributed by atoms with van der Waals surface area (Å²) in [5.74, 6) is -5.14. The lowest BCUT2D eigenvalue weighted by Gasteiger charge is -2.06. The van der Waals surface area contributed by atoms with E-state index >= 15 is 0 Å². The number of rotatable bonds is 4. The monoisotopic (exact) mass is 365 g/mol. The van der Waals surface area contributed by atoms with Crippen LogP contribution in [0, 0.1) is 17.5 Å². The highest BCUT2D eigenvalue weighted by atomic mass is 35.5. The molecule has 1 aromatic heterocycles. The number of hydrogen-bond acceptors (Lipinski definition) is 2. The number of amides is 1. The summed E-state index contributed by atoms with van der Waals surface area (Å²) in [7, 11) is 0. The summed E-state index contributed by atoms with van der Waals surface area (Å²) in [5, 5.41) is 6.78. The van der Waals surface area contributed by atoms with Crippen LogP contribution in [0.1, 0.15) is 15.9 Å². The number of nitrogens with one attached hydrogen (secondary N) is 1. The van der Waals surface area contributed by atoms with E-state index in [0.717, 1.165) is 17.7 Å². The number of benzene rings is 2. The summed E-state index contributed by atoms with van der Waals surface area (Å²) >= 11 is 6.07. The molecule has 2 aromatic carbocycles. The van der Waals surface area contributed by atoms with Crippen molar-refractivity contribution in [3.63, 3.8) is 0 Å². The van der Waals surface area contributed by atoms with Crippen molar-refractivity contribution in [1.29, 1.82) is 0 Å². The number of nitrogens with zero attached hydrogens (tertiary/aromatic N) is 2. The van der Waals surface area contributed by atoms with Gasteiger partial charge in [0.1, 0.15) is 0 Å². The second kappa shape index (κ2) is 6.98. The van der Waals surface area contributed by atoms with Gasteiger partial charge in [-0.15, -0.1) is 0 Å². The minimum absolute atomic E-state index is 0.135. The molecule has 0 fully saturated rings. The SMILES string of the molecule is O=C(Nc1ccc(F)c(F)c1F)c1cnn(Cc2ccccc2Cl)c1. The van der Waals surface area contributed by atoms with E-state index in [-0.39, 0.29) is 5.56 Å². The molecule has 0 aliphatic carbocycles. The highest BCUT2D eigenvalue weighted by Crippen LogP contribution is 2.20. The summed E-state index contributed by atoms with van der Waals surface area (Å²) in [5.41, 5.74) is 0.491. The molecule has 0 spiro atoms. The van der Waals surface area contributed by atoms with Gasteiger partial charge in [-0.2, -0.15) is 5.10 Å². The minimum Gasteiger partial charge on any atom is -0.319 e. The number of carbonyl (C=O) groups excluding carboxylic acids is 1. The van der Waals surface area contributed by atoms with E-state index in [9.17, 15) is 18.0 Å². The Balaban J connectivity index is 1.75. The molecular weight excluding hydrogens is 355 g/mol. The molecule has 8 heteroatoms. The predicted molar refractivity (Wildman–Crippen MR) is 87.1 cm³/mol. The molecule has 0 aliphatic heterocycles. The van der Waals surface area contributed by atoms with E-state index in [1.165, 1.54) is 17.1 Å². The quantitative estimate of drug-likeness (QED) is 0.702. The van der Waals surface area contributed by atoms with Crippen molar-refractivity contribution in [2.45, 2.75) is 6.54 Å². The molecule has 0 radical (unpaired) electrons. The standard InChI is InChI=1S/C17H11ClF3N3O/c18-12-4-2-1-3-10(12)8-24-9-11(7-22-24)17(25)23-14-6-5-13(19)15(20)16(14)21/h1-7,9H,8H2,(H,23,25). The molecule has 0 saturated heterocycles. The van der Waals surface area contributed by atoms with Crippen LogP contribution >= 0.6 is 11.6 Å². The Hall–Kier alpha value is -2.80. The first-order chi connectivity index (χ1) is 12.0. The molecule has 128 valence electrons. The summed E-state index contributed by atoms with van der Waals surface area (Å²) in [6.45, 7) is 0.340. The van der Waals surface area contributed by atoms with Crippen LogP contribution in [0.5, 0.6) is 0 Å². The van der Waals surface area contributed by atoms with E-state index < -0.39 is 29.0 Å². The normalized spacial score (nSPS) is 10.7. The van der Waals surface area contributed by atoms with Crippen molar-refractivity contribution in [3.05, 3.63) is 82.4 Å². The van der Waals surface area contributed by atoms with Crippen molar-refractivity contribution < 1.29 is 18.0 Å². The summed E-state index contributed by atoms with van der Waals surface area (Å²) in [4.78, 5) is 12.1. The fraction of sp³-hybridized carbons (Fsp3) is 0.0588. The zero-order valence-electron chi connectivity index (χ0n) is 12.6. The molecule has 1 amide bonds. The second-order valence-electron chi connectivity index (χ2n) is 5.20. The first-order valence-corrected chi connectivity index (χ1v) is 7.54. The van der Waals surface area contributed by atoms with Gasteiger partial charge in [0.2, 0.25) is 0 Å². The van der Waals surface area contributed by atoms with E-state index in [1.54, 1.807) is 12.1 Å². The second-order valence-corrected chi connectivity index (χ2v) is 5.60. The Kier molecular flexibility index (Phi) is 4.76. The van der Waals surface area contributed by atoms with Crippen molar-refractivity contribution in [1.82, 2.24) is 9.78 Å². The van der Waals surface area contributed by atoms with Crippen LogP contribution < -0.4 is 5.32 Å². The van der Waals surface area contributed by atoms with Crippen LogP contribution in [-0.2, 0) is 6.54 Å². The third kappa shape index (κ3) is 3.66. The van der Waals surface area contributed by atoms with Crippen LogP contribution in [-0.4, -0.2) is 15.7 Å². The zero-order valence-corrected chi connectivity index (χ0v) is 13.4. The van der Waals surface area contributed by atoms with E-state index in [0.29, 0.717) is 11.6 Å². The van der Waals surface area contributed by atoms with Gasteiger partial charge in [0.15, 0.2) is 17.5 Å². The predicted octanol–water partition coefficient (Wildman–Crippen LogP) is 4.25. The highest BCUT2D eigenvalue weighted by Gasteiger charge is 2.17. The van der Waals surface area contributed by atoms with E-state index in [4.69, 9.17) is 11.6 Å². The average molecular weight is 366 g/mol. The minimum atomic E-state index is -1.65. The zero-order chi connectivity index (χ0) is 18.0. The average Bonchev–Trinajstić information content (AvgIpc) is 3.06. The lowest BCUT2D eigenvalue weighted by molar-refractivity contribution is 0.102. The van der Waals surface area contributed by atoms with Crippen molar-refractivity contribution >= 4 is 23.2 Å². The van der Waals surface area contributed by atoms with Crippen molar-refractivity contribution in [2.24, 2.45) is 0 Å². The molecule has 1 heterocycles. The summed E-state index contributed by atoms with van der Waals surface area (Å²) < 4.78 is 41.2. The number of halogens is 4. The van der Waals surface area contributed by atoms with Gasteiger partial charge in [0.25, 0.3) is 5.91 Å². The largest absolute Gasteiger partial charge is 0.319 e. The molecule has 3 rings (SSSR count). The van der Waals surface area contributed by atoms with Gasteiger partial charge in [-0.05, 0) is 23.8 Å². The van der Waals surface area contributed by atoms with Crippen LogP contribution in [0.25, 0.3) is 0 Å². The number of hydrogen-bond donors (Lipinski definition) is 1. The Labute approximate surface area is 145 Å².